The Morgan fingerprint density at radius 2 is 2.29 bits per heavy atom. The fourth-order valence-electron chi connectivity index (χ4n) is 3.75. The Bertz CT molecular complexity index is 974. The summed E-state index contributed by atoms with van der Waals surface area (Å²) in [7, 11) is 0. The minimum absolute atomic E-state index is 0.187. The SMILES string of the molecule is CCOC(=O)C1=C2[C@@H](C)CCN2C(c2nccs2)=N[C@H]1c1ccc(F)cc1Br. The van der Waals surface area contributed by atoms with Gasteiger partial charge in [-0.1, -0.05) is 28.9 Å². The van der Waals surface area contributed by atoms with Gasteiger partial charge in [-0.05, 0) is 37.0 Å². The van der Waals surface area contributed by atoms with Gasteiger partial charge in [0.15, 0.2) is 10.8 Å². The van der Waals surface area contributed by atoms with Gasteiger partial charge in [0.05, 0.1) is 12.2 Å². The molecular formula is C20H19BrFN3O2S. The van der Waals surface area contributed by atoms with Gasteiger partial charge in [-0.2, -0.15) is 0 Å². The quantitative estimate of drug-likeness (QED) is 0.616. The molecule has 0 bridgehead atoms. The fraction of sp³-hybridized carbons (Fsp3) is 0.350. The van der Waals surface area contributed by atoms with Crippen molar-refractivity contribution in [3.8, 4) is 0 Å². The molecule has 0 unspecified atom stereocenters. The third kappa shape index (κ3) is 3.28. The number of ether oxygens (including phenoxy) is 1. The van der Waals surface area contributed by atoms with Crippen LogP contribution in [0.25, 0.3) is 0 Å². The molecule has 1 fully saturated rings. The van der Waals surface area contributed by atoms with Crippen LogP contribution in [0, 0.1) is 11.7 Å². The lowest BCUT2D eigenvalue weighted by molar-refractivity contribution is -0.139. The third-order valence-corrected chi connectivity index (χ3v) is 6.43. The summed E-state index contributed by atoms with van der Waals surface area (Å²) in [5, 5.41) is 2.71. The average Bonchev–Trinajstić information content (AvgIpc) is 3.31. The fourth-order valence-corrected chi connectivity index (χ4v) is 4.96. The van der Waals surface area contributed by atoms with Crippen LogP contribution in [-0.4, -0.2) is 34.8 Å². The second-order valence-corrected chi connectivity index (χ2v) is 8.47. The van der Waals surface area contributed by atoms with Crippen LogP contribution in [0.2, 0.25) is 0 Å². The summed E-state index contributed by atoms with van der Waals surface area (Å²) in [6.07, 6.45) is 2.66. The Morgan fingerprint density at radius 1 is 1.46 bits per heavy atom. The molecule has 2 aliphatic rings. The van der Waals surface area contributed by atoms with Gasteiger partial charge in [0.2, 0.25) is 0 Å². The Balaban J connectivity index is 1.93. The Morgan fingerprint density at radius 3 is 2.96 bits per heavy atom. The number of carbonyl (C=O) groups excluding carboxylic acids is 1. The van der Waals surface area contributed by atoms with Crippen LogP contribution in [0.15, 0.2) is 50.5 Å². The van der Waals surface area contributed by atoms with Crippen LogP contribution in [0.3, 0.4) is 0 Å². The highest BCUT2D eigenvalue weighted by Gasteiger charge is 2.42. The number of halogens is 2. The smallest absolute Gasteiger partial charge is 0.338 e. The number of fused-ring (bicyclic) bond motifs is 1. The number of esters is 1. The lowest BCUT2D eigenvalue weighted by Crippen LogP contribution is -2.36. The van der Waals surface area contributed by atoms with Gasteiger partial charge in [-0.3, -0.25) is 4.99 Å². The largest absolute Gasteiger partial charge is 0.463 e. The summed E-state index contributed by atoms with van der Waals surface area (Å²) >= 11 is 4.95. The second-order valence-electron chi connectivity index (χ2n) is 6.72. The zero-order valence-corrected chi connectivity index (χ0v) is 17.9. The number of allylic oxidation sites excluding steroid dienone is 1. The van der Waals surface area contributed by atoms with E-state index in [1.54, 1.807) is 19.2 Å². The normalized spacial score (nSPS) is 21.6. The molecule has 1 aromatic carbocycles. The van der Waals surface area contributed by atoms with E-state index in [2.05, 4.69) is 32.7 Å². The van der Waals surface area contributed by atoms with Gasteiger partial charge in [0.25, 0.3) is 0 Å². The molecule has 0 spiro atoms. The first-order chi connectivity index (χ1) is 13.5. The molecule has 2 aliphatic heterocycles. The molecule has 146 valence electrons. The summed E-state index contributed by atoms with van der Waals surface area (Å²) in [5.41, 5.74) is 2.18. The number of carbonyl (C=O) groups is 1. The van der Waals surface area contributed by atoms with Gasteiger partial charge < -0.3 is 9.64 Å². The summed E-state index contributed by atoms with van der Waals surface area (Å²) in [6.45, 7) is 4.95. The molecule has 0 N–H and O–H groups in total. The lowest BCUT2D eigenvalue weighted by atomic mass is 9.91. The molecule has 5 nitrogen and oxygen atoms in total. The van der Waals surface area contributed by atoms with E-state index in [0.29, 0.717) is 10.0 Å². The van der Waals surface area contributed by atoms with Crippen molar-refractivity contribution < 1.29 is 13.9 Å². The van der Waals surface area contributed by atoms with Crippen molar-refractivity contribution in [2.24, 2.45) is 10.9 Å². The van der Waals surface area contributed by atoms with E-state index in [-0.39, 0.29) is 24.3 Å². The van der Waals surface area contributed by atoms with Crippen LogP contribution in [0.4, 0.5) is 4.39 Å². The zero-order valence-electron chi connectivity index (χ0n) is 15.5. The van der Waals surface area contributed by atoms with Crippen LogP contribution in [0.1, 0.15) is 36.9 Å². The predicted octanol–water partition coefficient (Wildman–Crippen LogP) is 4.71. The average molecular weight is 464 g/mol. The number of aromatic nitrogens is 1. The molecule has 0 amide bonds. The van der Waals surface area contributed by atoms with Crippen LogP contribution >= 0.6 is 27.3 Å². The highest BCUT2D eigenvalue weighted by Crippen LogP contribution is 2.44. The van der Waals surface area contributed by atoms with E-state index in [9.17, 15) is 9.18 Å². The first kappa shape index (κ1) is 19.3. The van der Waals surface area contributed by atoms with Crippen molar-refractivity contribution in [3.05, 3.63) is 61.9 Å². The Kier molecular flexibility index (Phi) is 5.33. The molecule has 4 rings (SSSR count). The zero-order chi connectivity index (χ0) is 19.8. The standard InChI is InChI=1S/C20H19BrFN3O2S/c1-3-27-20(26)15-16(13-5-4-12(22)10-14(13)21)24-18(19-23-7-9-28-19)25-8-6-11(2)17(15)25/h4-5,7,9-11,16H,3,6,8H2,1-2H3/t11-,16-/m0/s1. The molecule has 8 heteroatoms. The van der Waals surface area contributed by atoms with Gasteiger partial charge in [0.1, 0.15) is 11.9 Å². The number of thiazole rings is 1. The minimum Gasteiger partial charge on any atom is -0.463 e. The maximum Gasteiger partial charge on any atom is 0.338 e. The van der Waals surface area contributed by atoms with E-state index in [4.69, 9.17) is 9.73 Å². The molecular weight excluding hydrogens is 445 g/mol. The topological polar surface area (TPSA) is 54.8 Å². The predicted molar refractivity (Wildman–Crippen MR) is 110 cm³/mol. The number of rotatable bonds is 4. The first-order valence-corrected chi connectivity index (χ1v) is 10.8. The van der Waals surface area contributed by atoms with Gasteiger partial charge in [-0.25, -0.2) is 14.2 Å². The molecule has 1 saturated heterocycles. The number of nitrogens with zero attached hydrogens (tertiary/aromatic N) is 3. The third-order valence-electron chi connectivity index (χ3n) is 4.98. The van der Waals surface area contributed by atoms with Gasteiger partial charge >= 0.3 is 5.97 Å². The van der Waals surface area contributed by atoms with E-state index < -0.39 is 6.04 Å². The monoisotopic (exact) mass is 463 g/mol. The molecule has 2 atom stereocenters. The molecule has 2 aromatic rings. The number of aliphatic imine (C=N–C) groups is 1. The summed E-state index contributed by atoms with van der Waals surface area (Å²) in [6, 6.07) is 3.87. The maximum atomic E-state index is 13.7. The summed E-state index contributed by atoms with van der Waals surface area (Å²) in [5.74, 6) is 0.214. The summed E-state index contributed by atoms with van der Waals surface area (Å²) < 4.78 is 19.6. The van der Waals surface area contributed by atoms with Crippen molar-refractivity contribution >= 4 is 39.1 Å². The second kappa shape index (κ2) is 7.75. The highest BCUT2D eigenvalue weighted by atomic mass is 79.9. The molecule has 0 aliphatic carbocycles. The van der Waals surface area contributed by atoms with E-state index in [1.807, 2.05) is 5.38 Å². The first-order valence-electron chi connectivity index (χ1n) is 9.12. The van der Waals surface area contributed by atoms with E-state index in [0.717, 1.165) is 35.1 Å². The van der Waals surface area contributed by atoms with Gasteiger partial charge in [0, 0.05) is 28.3 Å². The minimum atomic E-state index is -0.584. The van der Waals surface area contributed by atoms with Crippen molar-refractivity contribution in [2.45, 2.75) is 26.3 Å². The number of hydrogen-bond acceptors (Lipinski definition) is 6. The van der Waals surface area contributed by atoms with Gasteiger partial charge in [-0.15, -0.1) is 11.3 Å². The van der Waals surface area contributed by atoms with E-state index in [1.165, 1.54) is 23.5 Å². The Labute approximate surface area is 175 Å². The lowest BCUT2D eigenvalue weighted by Gasteiger charge is -2.33. The number of benzene rings is 1. The van der Waals surface area contributed by atoms with Crippen LogP contribution in [0.5, 0.6) is 0 Å². The van der Waals surface area contributed by atoms with E-state index >= 15 is 0 Å². The molecule has 1 aromatic heterocycles. The maximum absolute atomic E-state index is 13.7. The van der Waals surface area contributed by atoms with Crippen molar-refractivity contribution in [1.82, 2.24) is 9.88 Å². The summed E-state index contributed by atoms with van der Waals surface area (Å²) in [4.78, 5) is 24.4. The molecule has 0 radical (unpaired) electrons. The van der Waals surface area contributed by atoms with Crippen LogP contribution in [-0.2, 0) is 9.53 Å². The highest BCUT2D eigenvalue weighted by molar-refractivity contribution is 9.10. The van der Waals surface area contributed by atoms with Crippen LogP contribution < -0.4 is 0 Å². The van der Waals surface area contributed by atoms with Crippen molar-refractivity contribution in [1.29, 1.82) is 0 Å². The molecule has 0 saturated carbocycles. The Hall–Kier alpha value is -2.06. The van der Waals surface area contributed by atoms with Crippen molar-refractivity contribution in [2.75, 3.05) is 13.2 Å². The van der Waals surface area contributed by atoms with Crippen molar-refractivity contribution in [3.63, 3.8) is 0 Å². The molecule has 28 heavy (non-hydrogen) atoms. The number of amidine groups is 1. The number of hydrogen-bond donors (Lipinski definition) is 0. The molecule has 3 heterocycles.